The van der Waals surface area contributed by atoms with E-state index in [0.717, 1.165) is 18.5 Å². The van der Waals surface area contributed by atoms with Gasteiger partial charge in [-0.2, -0.15) is 0 Å². The predicted octanol–water partition coefficient (Wildman–Crippen LogP) is 2.99. The molecule has 0 saturated carbocycles. The summed E-state index contributed by atoms with van der Waals surface area (Å²) < 4.78 is 5.21. The van der Waals surface area contributed by atoms with E-state index in [1.54, 1.807) is 7.11 Å². The van der Waals surface area contributed by atoms with E-state index >= 15 is 0 Å². The number of hydrogen-bond donors (Lipinski definition) is 1. The zero-order valence-electron chi connectivity index (χ0n) is 11.9. The van der Waals surface area contributed by atoms with Crippen molar-refractivity contribution in [3.05, 3.63) is 29.8 Å². The summed E-state index contributed by atoms with van der Waals surface area (Å²) in [5, 5.41) is 9.78. The molecule has 3 heteroatoms. The number of anilines is 1. The molecule has 1 unspecified atom stereocenters. The number of ether oxygens (including phenoxy) is 1. The van der Waals surface area contributed by atoms with Crippen LogP contribution in [0.4, 0.5) is 5.69 Å². The van der Waals surface area contributed by atoms with Crippen molar-refractivity contribution in [3.8, 4) is 0 Å². The molecule has 3 nitrogen and oxygen atoms in total. The molecule has 18 heavy (non-hydrogen) atoms. The molecule has 102 valence electrons. The van der Waals surface area contributed by atoms with E-state index < -0.39 is 0 Å². The molecule has 0 spiro atoms. The Labute approximate surface area is 110 Å². The fraction of sp³-hybridized carbons (Fsp3) is 0.600. The van der Waals surface area contributed by atoms with E-state index in [4.69, 9.17) is 4.74 Å². The lowest BCUT2D eigenvalue weighted by Gasteiger charge is -2.30. The van der Waals surface area contributed by atoms with Crippen LogP contribution in [0, 0.1) is 0 Å². The zero-order chi connectivity index (χ0) is 13.5. The van der Waals surface area contributed by atoms with Gasteiger partial charge in [-0.25, -0.2) is 0 Å². The van der Waals surface area contributed by atoms with Gasteiger partial charge in [0.25, 0.3) is 0 Å². The monoisotopic (exact) mass is 251 g/mol. The van der Waals surface area contributed by atoms with Gasteiger partial charge in [-0.15, -0.1) is 0 Å². The molecule has 0 aliphatic rings. The second-order valence-electron chi connectivity index (χ2n) is 4.61. The Bertz CT molecular complexity index is 337. The summed E-state index contributed by atoms with van der Waals surface area (Å²) in [5.74, 6) is 0. The molecule has 0 bridgehead atoms. The maximum atomic E-state index is 9.78. The van der Waals surface area contributed by atoms with Gasteiger partial charge in [-0.1, -0.05) is 19.1 Å². The van der Waals surface area contributed by atoms with Crippen molar-refractivity contribution in [1.29, 1.82) is 0 Å². The Balaban J connectivity index is 2.81. The number of methoxy groups -OCH3 is 1. The lowest BCUT2D eigenvalue weighted by Crippen LogP contribution is -2.36. The number of benzene rings is 1. The average Bonchev–Trinajstić information content (AvgIpc) is 2.40. The number of likely N-dealkylation sites (N-methyl/N-ethyl adjacent to an activating group) is 1. The minimum atomic E-state index is -0.356. The first-order valence-electron chi connectivity index (χ1n) is 6.67. The lowest BCUT2D eigenvalue weighted by atomic mass is 10.1. The Morgan fingerprint density at radius 3 is 2.28 bits per heavy atom. The van der Waals surface area contributed by atoms with Crippen molar-refractivity contribution >= 4 is 5.69 Å². The van der Waals surface area contributed by atoms with E-state index in [-0.39, 0.29) is 6.10 Å². The van der Waals surface area contributed by atoms with Crippen LogP contribution in [0.25, 0.3) is 0 Å². The van der Waals surface area contributed by atoms with Crippen LogP contribution >= 0.6 is 0 Å². The Morgan fingerprint density at radius 1 is 1.22 bits per heavy atom. The van der Waals surface area contributed by atoms with Gasteiger partial charge in [0, 0.05) is 25.4 Å². The van der Waals surface area contributed by atoms with Crippen LogP contribution < -0.4 is 4.90 Å². The SMILES string of the molecule is CC[C@@H](O)c1ccc(N(CC)C(C)COC)cc1. The van der Waals surface area contributed by atoms with Gasteiger partial charge in [0.2, 0.25) is 0 Å². The average molecular weight is 251 g/mol. The van der Waals surface area contributed by atoms with Crippen molar-refractivity contribution in [2.75, 3.05) is 25.2 Å². The van der Waals surface area contributed by atoms with Crippen molar-refractivity contribution < 1.29 is 9.84 Å². The van der Waals surface area contributed by atoms with Crippen molar-refractivity contribution in [1.82, 2.24) is 0 Å². The first kappa shape index (κ1) is 15.0. The summed E-state index contributed by atoms with van der Waals surface area (Å²) in [7, 11) is 1.73. The molecule has 1 aromatic carbocycles. The third-order valence-corrected chi connectivity index (χ3v) is 3.28. The number of hydrogen-bond acceptors (Lipinski definition) is 3. The van der Waals surface area contributed by atoms with Crippen LogP contribution in [0.1, 0.15) is 38.9 Å². The van der Waals surface area contributed by atoms with Gasteiger partial charge in [0.1, 0.15) is 0 Å². The minimum Gasteiger partial charge on any atom is -0.388 e. The van der Waals surface area contributed by atoms with Crippen LogP contribution in [-0.4, -0.2) is 31.4 Å². The minimum absolute atomic E-state index is 0.349. The predicted molar refractivity (Wildman–Crippen MR) is 76.1 cm³/mol. The van der Waals surface area contributed by atoms with Gasteiger partial charge in [-0.3, -0.25) is 0 Å². The third-order valence-electron chi connectivity index (χ3n) is 3.28. The molecule has 0 aromatic heterocycles. The summed E-state index contributed by atoms with van der Waals surface area (Å²) in [5.41, 5.74) is 2.16. The number of aliphatic hydroxyl groups excluding tert-OH is 1. The fourth-order valence-electron chi connectivity index (χ4n) is 2.20. The standard InChI is InChI=1S/C15H25NO2/c1-5-15(17)13-7-9-14(10-8-13)16(6-2)12(3)11-18-4/h7-10,12,15,17H,5-6,11H2,1-4H3/t12?,15-/m1/s1. The van der Waals surface area contributed by atoms with Crippen LogP contribution in [-0.2, 0) is 4.74 Å². The molecule has 0 fully saturated rings. The Kier molecular flexibility index (Phi) is 6.16. The van der Waals surface area contributed by atoms with E-state index in [0.29, 0.717) is 12.6 Å². The quantitative estimate of drug-likeness (QED) is 0.808. The second kappa shape index (κ2) is 7.39. The Hall–Kier alpha value is -1.06. The van der Waals surface area contributed by atoms with Crippen LogP contribution in [0.3, 0.4) is 0 Å². The molecule has 0 aliphatic carbocycles. The van der Waals surface area contributed by atoms with Gasteiger partial charge in [0.05, 0.1) is 12.7 Å². The maximum absolute atomic E-state index is 9.78. The lowest BCUT2D eigenvalue weighted by molar-refractivity contribution is 0.173. The van der Waals surface area contributed by atoms with E-state index in [2.05, 4.69) is 30.9 Å². The topological polar surface area (TPSA) is 32.7 Å². The second-order valence-corrected chi connectivity index (χ2v) is 4.61. The van der Waals surface area contributed by atoms with Crippen LogP contribution in [0.5, 0.6) is 0 Å². The van der Waals surface area contributed by atoms with Crippen LogP contribution in [0.15, 0.2) is 24.3 Å². The normalized spacial score (nSPS) is 14.3. The van der Waals surface area contributed by atoms with Gasteiger partial charge in [-0.05, 0) is 38.0 Å². The summed E-state index contributed by atoms with van der Waals surface area (Å²) in [6, 6.07) is 8.51. The molecular formula is C15H25NO2. The highest BCUT2D eigenvalue weighted by molar-refractivity contribution is 5.48. The van der Waals surface area contributed by atoms with E-state index in [1.807, 2.05) is 19.1 Å². The van der Waals surface area contributed by atoms with Crippen LogP contribution in [0.2, 0.25) is 0 Å². The van der Waals surface area contributed by atoms with Crippen molar-refractivity contribution in [2.24, 2.45) is 0 Å². The molecule has 0 heterocycles. The zero-order valence-corrected chi connectivity index (χ0v) is 11.9. The number of aliphatic hydroxyl groups is 1. The summed E-state index contributed by atoms with van der Waals surface area (Å²) in [6.45, 7) is 7.94. The van der Waals surface area contributed by atoms with E-state index in [9.17, 15) is 5.11 Å². The highest BCUT2D eigenvalue weighted by Gasteiger charge is 2.13. The molecule has 0 saturated heterocycles. The smallest absolute Gasteiger partial charge is 0.0787 e. The highest BCUT2D eigenvalue weighted by atomic mass is 16.5. The molecule has 1 rings (SSSR count). The number of rotatable bonds is 7. The largest absolute Gasteiger partial charge is 0.388 e. The molecule has 0 aliphatic heterocycles. The van der Waals surface area contributed by atoms with E-state index in [1.165, 1.54) is 5.69 Å². The molecule has 2 atom stereocenters. The summed E-state index contributed by atoms with van der Waals surface area (Å²) in [4.78, 5) is 2.30. The van der Waals surface area contributed by atoms with Gasteiger partial charge >= 0.3 is 0 Å². The van der Waals surface area contributed by atoms with Gasteiger partial charge in [0.15, 0.2) is 0 Å². The third kappa shape index (κ3) is 3.72. The van der Waals surface area contributed by atoms with Crippen molar-refractivity contribution in [2.45, 2.75) is 39.3 Å². The molecule has 1 aromatic rings. The highest BCUT2D eigenvalue weighted by Crippen LogP contribution is 2.22. The molecule has 0 amide bonds. The summed E-state index contributed by atoms with van der Waals surface area (Å²) >= 11 is 0. The molecule has 1 N–H and O–H groups in total. The summed E-state index contributed by atoms with van der Waals surface area (Å²) in [6.07, 6.45) is 0.391. The maximum Gasteiger partial charge on any atom is 0.0787 e. The van der Waals surface area contributed by atoms with Gasteiger partial charge < -0.3 is 14.7 Å². The number of nitrogens with zero attached hydrogens (tertiary/aromatic N) is 1. The molecular weight excluding hydrogens is 226 g/mol. The Morgan fingerprint density at radius 2 is 1.83 bits per heavy atom. The molecule has 0 radical (unpaired) electrons. The van der Waals surface area contributed by atoms with Crippen molar-refractivity contribution in [3.63, 3.8) is 0 Å². The fourth-order valence-corrected chi connectivity index (χ4v) is 2.20. The first-order valence-corrected chi connectivity index (χ1v) is 6.67. The first-order chi connectivity index (χ1) is 8.63.